The molecule has 0 aliphatic carbocycles. The van der Waals surface area contributed by atoms with E-state index in [2.05, 4.69) is 34.3 Å². The van der Waals surface area contributed by atoms with Crippen LogP contribution in [-0.4, -0.2) is 51.0 Å². The van der Waals surface area contributed by atoms with Gasteiger partial charge in [0.25, 0.3) is 5.91 Å². The Hall–Kier alpha value is -3.95. The van der Waals surface area contributed by atoms with Gasteiger partial charge in [-0.05, 0) is 62.2 Å². The first-order chi connectivity index (χ1) is 16.8. The van der Waals surface area contributed by atoms with Gasteiger partial charge in [-0.3, -0.25) is 9.89 Å². The molecule has 35 heavy (non-hydrogen) atoms. The van der Waals surface area contributed by atoms with E-state index in [1.54, 1.807) is 24.5 Å². The second-order valence-electron chi connectivity index (χ2n) is 8.96. The number of nitrogens with two attached hydrogens (primary N) is 1. The molecule has 0 bridgehead atoms. The number of primary amides is 1. The number of nitrogens with zero attached hydrogens (tertiary/aromatic N) is 2. The van der Waals surface area contributed by atoms with Crippen molar-refractivity contribution in [1.29, 1.82) is 0 Å². The van der Waals surface area contributed by atoms with Gasteiger partial charge in [0.2, 0.25) is 5.88 Å². The van der Waals surface area contributed by atoms with E-state index < -0.39 is 12.0 Å². The highest BCUT2D eigenvalue weighted by atomic mass is 16.5. The minimum atomic E-state index is -0.676. The number of aliphatic hydroxyl groups excluding tert-OH is 1. The van der Waals surface area contributed by atoms with Gasteiger partial charge in [0.1, 0.15) is 29.8 Å². The molecule has 0 aliphatic rings. The number of carbonyl (C=O) groups is 1. The third-order valence-electron chi connectivity index (χ3n) is 5.51. The van der Waals surface area contributed by atoms with Gasteiger partial charge in [0, 0.05) is 18.3 Å². The number of aliphatic hydroxyl groups is 1. The summed E-state index contributed by atoms with van der Waals surface area (Å²) in [4.78, 5) is 15.6. The van der Waals surface area contributed by atoms with Crippen molar-refractivity contribution in [2.24, 2.45) is 5.73 Å². The van der Waals surface area contributed by atoms with Crippen LogP contribution in [0.1, 0.15) is 29.8 Å². The molecule has 182 valence electrons. The van der Waals surface area contributed by atoms with Gasteiger partial charge in [0.15, 0.2) is 0 Å². The van der Waals surface area contributed by atoms with Crippen molar-refractivity contribution in [3.8, 4) is 17.4 Å². The van der Waals surface area contributed by atoms with Gasteiger partial charge in [-0.1, -0.05) is 18.2 Å². The maximum atomic E-state index is 11.6. The van der Waals surface area contributed by atoms with Crippen LogP contribution in [0, 0.1) is 0 Å². The fraction of sp³-hybridized carbons (Fsp3) is 0.269. The molecule has 0 radical (unpaired) electrons. The summed E-state index contributed by atoms with van der Waals surface area (Å²) in [5, 5.41) is 21.7. The van der Waals surface area contributed by atoms with Gasteiger partial charge in [-0.15, -0.1) is 0 Å². The van der Waals surface area contributed by atoms with Crippen molar-refractivity contribution in [2.45, 2.75) is 31.9 Å². The Kier molecular flexibility index (Phi) is 7.28. The summed E-state index contributed by atoms with van der Waals surface area (Å²) in [5.41, 5.74) is 7.32. The van der Waals surface area contributed by atoms with Crippen LogP contribution in [0.4, 0.5) is 0 Å². The molecule has 5 N–H and O–H groups in total. The lowest BCUT2D eigenvalue weighted by atomic mass is 9.94. The number of fused-ring (bicyclic) bond motifs is 1. The van der Waals surface area contributed by atoms with Crippen molar-refractivity contribution in [3.05, 3.63) is 78.1 Å². The van der Waals surface area contributed by atoms with Crippen LogP contribution in [0.5, 0.6) is 17.4 Å². The average molecular weight is 476 g/mol. The number of carbonyl (C=O) groups excluding carboxylic acids is 1. The number of rotatable bonds is 11. The van der Waals surface area contributed by atoms with Crippen LogP contribution < -0.4 is 20.5 Å². The van der Waals surface area contributed by atoms with Crippen LogP contribution >= 0.6 is 0 Å². The standard InChI is InChI=1S/C26H29N5O4/c1-26(2,29-14-18(32)16-34-23-7-3-6-22-21(23)15-30-31-22)13-17-8-10-19(11-9-17)35-25-20(24(27)33)5-4-12-28-25/h3-12,15,18,29,32H,13-14,16H2,1-2H3,(H2,27,33)(H,30,31). The highest BCUT2D eigenvalue weighted by molar-refractivity contribution is 5.95. The molecule has 0 fully saturated rings. The smallest absolute Gasteiger partial charge is 0.254 e. The largest absolute Gasteiger partial charge is 0.490 e. The number of benzene rings is 2. The maximum absolute atomic E-state index is 11.6. The summed E-state index contributed by atoms with van der Waals surface area (Å²) in [6.07, 6.45) is 3.30. The average Bonchev–Trinajstić information content (AvgIpc) is 3.32. The van der Waals surface area contributed by atoms with Gasteiger partial charge in [0.05, 0.1) is 17.1 Å². The summed E-state index contributed by atoms with van der Waals surface area (Å²) in [5.74, 6) is 0.824. The fourth-order valence-electron chi connectivity index (χ4n) is 3.73. The summed E-state index contributed by atoms with van der Waals surface area (Å²) in [6, 6.07) is 16.4. The van der Waals surface area contributed by atoms with Gasteiger partial charge in [-0.2, -0.15) is 5.10 Å². The van der Waals surface area contributed by atoms with Crippen molar-refractivity contribution in [1.82, 2.24) is 20.5 Å². The lowest BCUT2D eigenvalue weighted by Crippen LogP contribution is -2.46. The molecular weight excluding hydrogens is 446 g/mol. The first-order valence-corrected chi connectivity index (χ1v) is 11.3. The highest BCUT2D eigenvalue weighted by Gasteiger charge is 2.20. The Morgan fingerprint density at radius 2 is 1.97 bits per heavy atom. The molecular formula is C26H29N5O4. The summed E-state index contributed by atoms with van der Waals surface area (Å²) >= 11 is 0. The van der Waals surface area contributed by atoms with Crippen LogP contribution in [0.2, 0.25) is 0 Å². The zero-order valence-electron chi connectivity index (χ0n) is 19.7. The van der Waals surface area contributed by atoms with E-state index in [4.69, 9.17) is 15.2 Å². The molecule has 1 atom stereocenters. The molecule has 0 aliphatic heterocycles. The predicted octanol–water partition coefficient (Wildman–Crippen LogP) is 3.20. The fourth-order valence-corrected chi connectivity index (χ4v) is 3.73. The van der Waals surface area contributed by atoms with Crippen LogP contribution in [0.3, 0.4) is 0 Å². The second kappa shape index (κ2) is 10.5. The quantitative estimate of drug-likeness (QED) is 0.262. The molecule has 9 nitrogen and oxygen atoms in total. The molecule has 0 saturated heterocycles. The molecule has 2 heterocycles. The SMILES string of the molecule is CC(C)(Cc1ccc(Oc2ncccc2C(N)=O)cc1)NCC(O)COc1cccc2[nH]ncc12. The number of aromatic amines is 1. The lowest BCUT2D eigenvalue weighted by Gasteiger charge is -2.28. The molecule has 2 aromatic carbocycles. The van der Waals surface area contributed by atoms with Crippen LogP contribution in [-0.2, 0) is 6.42 Å². The number of hydrogen-bond donors (Lipinski definition) is 4. The highest BCUT2D eigenvalue weighted by Crippen LogP contribution is 2.25. The minimum Gasteiger partial charge on any atom is -0.490 e. The number of amides is 1. The summed E-state index contributed by atoms with van der Waals surface area (Å²) in [6.45, 7) is 4.69. The molecule has 0 saturated carbocycles. The number of nitrogens with one attached hydrogen (secondary N) is 2. The van der Waals surface area contributed by atoms with E-state index in [0.29, 0.717) is 18.0 Å². The molecule has 1 unspecified atom stereocenters. The first-order valence-electron chi connectivity index (χ1n) is 11.3. The van der Waals surface area contributed by atoms with E-state index in [9.17, 15) is 9.90 Å². The number of H-pyrrole nitrogens is 1. The monoisotopic (exact) mass is 475 g/mol. The Bertz CT molecular complexity index is 1290. The normalized spacial score (nSPS) is 12.4. The van der Waals surface area contributed by atoms with E-state index in [-0.39, 0.29) is 23.6 Å². The van der Waals surface area contributed by atoms with E-state index in [0.717, 1.165) is 22.9 Å². The third-order valence-corrected chi connectivity index (χ3v) is 5.51. The summed E-state index contributed by atoms with van der Waals surface area (Å²) in [7, 11) is 0. The Morgan fingerprint density at radius 1 is 1.17 bits per heavy atom. The molecule has 4 rings (SSSR count). The number of hydrogen-bond acceptors (Lipinski definition) is 7. The molecule has 9 heteroatoms. The zero-order valence-corrected chi connectivity index (χ0v) is 19.7. The van der Waals surface area contributed by atoms with Crippen LogP contribution in [0.15, 0.2) is 67.0 Å². The molecule has 1 amide bonds. The minimum absolute atomic E-state index is 0.167. The molecule has 0 spiro atoms. The van der Waals surface area contributed by atoms with Crippen molar-refractivity contribution >= 4 is 16.8 Å². The Balaban J connectivity index is 1.28. The van der Waals surface area contributed by atoms with Crippen molar-refractivity contribution in [2.75, 3.05) is 13.2 Å². The topological polar surface area (TPSA) is 135 Å². The predicted molar refractivity (Wildman–Crippen MR) is 133 cm³/mol. The summed E-state index contributed by atoms with van der Waals surface area (Å²) < 4.78 is 11.5. The van der Waals surface area contributed by atoms with Crippen molar-refractivity contribution < 1.29 is 19.4 Å². The molecule has 4 aromatic rings. The van der Waals surface area contributed by atoms with Gasteiger partial charge < -0.3 is 25.6 Å². The van der Waals surface area contributed by atoms with E-state index in [1.807, 2.05) is 42.5 Å². The van der Waals surface area contributed by atoms with E-state index >= 15 is 0 Å². The third kappa shape index (κ3) is 6.34. The Labute approximate surface area is 203 Å². The number of β-amino-alcohol motifs (C(OH)–C–C–N with tert-alkyl or cyclic N) is 1. The second-order valence-corrected chi connectivity index (χ2v) is 8.96. The zero-order chi connectivity index (χ0) is 24.8. The number of aromatic nitrogens is 3. The number of pyridine rings is 1. The maximum Gasteiger partial charge on any atom is 0.254 e. The Morgan fingerprint density at radius 3 is 2.74 bits per heavy atom. The van der Waals surface area contributed by atoms with E-state index in [1.165, 1.54) is 0 Å². The lowest BCUT2D eigenvalue weighted by molar-refractivity contribution is 0.0995. The van der Waals surface area contributed by atoms with Gasteiger partial charge in [-0.25, -0.2) is 4.98 Å². The van der Waals surface area contributed by atoms with Crippen molar-refractivity contribution in [3.63, 3.8) is 0 Å². The van der Waals surface area contributed by atoms with Gasteiger partial charge >= 0.3 is 0 Å². The molecule has 2 aromatic heterocycles. The van der Waals surface area contributed by atoms with Crippen LogP contribution in [0.25, 0.3) is 10.9 Å². The number of ether oxygens (including phenoxy) is 2. The first kappa shape index (κ1) is 24.2.